The fourth-order valence-electron chi connectivity index (χ4n) is 6.20. The fraction of sp³-hybridized carbons (Fsp3) is 0. The highest BCUT2D eigenvalue weighted by molar-refractivity contribution is 6.21. The van der Waals surface area contributed by atoms with E-state index in [2.05, 4.69) is 162 Å². The quantitative estimate of drug-likeness (QED) is 0.210. The van der Waals surface area contributed by atoms with Gasteiger partial charge in [0.05, 0.1) is 11.0 Å². The van der Waals surface area contributed by atoms with E-state index in [1.807, 2.05) is 0 Å². The molecule has 0 atom stereocenters. The Kier molecular flexibility index (Phi) is 5.49. The van der Waals surface area contributed by atoms with E-state index >= 15 is 0 Å². The minimum atomic E-state index is 0.953. The van der Waals surface area contributed by atoms with Crippen molar-refractivity contribution < 1.29 is 0 Å². The fourth-order valence-corrected chi connectivity index (χ4v) is 6.20. The van der Waals surface area contributed by atoms with Crippen LogP contribution in [-0.2, 0) is 0 Å². The van der Waals surface area contributed by atoms with Crippen molar-refractivity contribution in [2.75, 3.05) is 0 Å². The number of benzene rings is 7. The third kappa shape index (κ3) is 3.84. The van der Waals surface area contributed by atoms with E-state index in [4.69, 9.17) is 4.98 Å². The van der Waals surface area contributed by atoms with Crippen molar-refractivity contribution in [1.29, 1.82) is 0 Å². The Morgan fingerprint density at radius 2 is 0.902 bits per heavy atom. The zero-order chi connectivity index (χ0) is 27.2. The Morgan fingerprint density at radius 1 is 0.390 bits per heavy atom. The molecule has 0 saturated carbocycles. The van der Waals surface area contributed by atoms with Gasteiger partial charge in [0.2, 0.25) is 0 Å². The summed E-state index contributed by atoms with van der Waals surface area (Å²) in [7, 11) is 0. The van der Waals surface area contributed by atoms with Gasteiger partial charge in [0, 0.05) is 11.3 Å². The second kappa shape index (κ2) is 9.62. The maximum atomic E-state index is 5.28. The number of aromatic nitrogens is 2. The number of rotatable bonds is 4. The van der Waals surface area contributed by atoms with Crippen molar-refractivity contribution in [3.8, 4) is 39.3 Å². The highest BCUT2D eigenvalue weighted by Gasteiger charge is 2.22. The van der Waals surface area contributed by atoms with Crippen molar-refractivity contribution in [2.45, 2.75) is 0 Å². The molecule has 8 rings (SSSR count). The SMILES string of the molecule is c1ccc(-c2cccc(-c3c4ccccc4c(-c4nc5ccccc5n4-c4ccccc4)c4ccccc34)c2)cc1. The lowest BCUT2D eigenvalue weighted by Crippen LogP contribution is -1.99. The molecule has 0 spiro atoms. The number of hydrogen-bond acceptors (Lipinski definition) is 1. The standard InChI is InChI=1S/C39H26N2/c1-3-14-27(15-4-1)28-16-13-17-29(26-28)37-31-20-7-9-22-33(31)38(34-23-10-8-21-32(34)37)39-40-35-24-11-12-25-36(35)41(39)30-18-5-2-6-19-30/h1-26H. The van der Waals surface area contributed by atoms with E-state index in [1.165, 1.54) is 43.8 Å². The monoisotopic (exact) mass is 522 g/mol. The van der Waals surface area contributed by atoms with Gasteiger partial charge in [0.15, 0.2) is 0 Å². The lowest BCUT2D eigenvalue weighted by molar-refractivity contribution is 1.11. The molecule has 192 valence electrons. The van der Waals surface area contributed by atoms with Crippen LogP contribution >= 0.6 is 0 Å². The number of fused-ring (bicyclic) bond motifs is 3. The first-order chi connectivity index (χ1) is 20.4. The van der Waals surface area contributed by atoms with Gasteiger partial charge in [0.1, 0.15) is 5.82 Å². The second-order valence-corrected chi connectivity index (χ2v) is 10.4. The number of nitrogens with zero attached hydrogens (tertiary/aromatic N) is 2. The van der Waals surface area contributed by atoms with Crippen LogP contribution < -0.4 is 0 Å². The van der Waals surface area contributed by atoms with Gasteiger partial charge < -0.3 is 0 Å². The summed E-state index contributed by atoms with van der Waals surface area (Å²) in [4.78, 5) is 5.28. The average molecular weight is 523 g/mol. The summed E-state index contributed by atoms with van der Waals surface area (Å²) in [5.74, 6) is 0.953. The Hall–Kier alpha value is -5.47. The zero-order valence-electron chi connectivity index (χ0n) is 22.4. The Morgan fingerprint density at radius 3 is 1.59 bits per heavy atom. The van der Waals surface area contributed by atoms with Crippen LogP contribution in [0.2, 0.25) is 0 Å². The van der Waals surface area contributed by atoms with E-state index in [-0.39, 0.29) is 0 Å². The molecule has 0 fully saturated rings. The highest BCUT2D eigenvalue weighted by Crippen LogP contribution is 2.45. The molecule has 0 amide bonds. The molecular formula is C39H26N2. The van der Waals surface area contributed by atoms with Crippen LogP contribution in [-0.4, -0.2) is 9.55 Å². The summed E-state index contributed by atoms with van der Waals surface area (Å²) >= 11 is 0. The molecule has 8 aromatic rings. The van der Waals surface area contributed by atoms with Crippen molar-refractivity contribution in [2.24, 2.45) is 0 Å². The van der Waals surface area contributed by atoms with Crippen molar-refractivity contribution in [1.82, 2.24) is 9.55 Å². The average Bonchev–Trinajstić information content (AvgIpc) is 3.43. The smallest absolute Gasteiger partial charge is 0.146 e. The van der Waals surface area contributed by atoms with Crippen LogP contribution in [0, 0.1) is 0 Å². The molecule has 0 radical (unpaired) electrons. The van der Waals surface area contributed by atoms with Gasteiger partial charge in [-0.3, -0.25) is 4.57 Å². The van der Waals surface area contributed by atoms with Gasteiger partial charge >= 0.3 is 0 Å². The summed E-state index contributed by atoms with van der Waals surface area (Å²) in [6.45, 7) is 0. The molecule has 2 heteroatoms. The number of imidazole rings is 1. The normalized spacial score (nSPS) is 11.4. The van der Waals surface area contributed by atoms with Crippen LogP contribution in [0.4, 0.5) is 0 Å². The maximum Gasteiger partial charge on any atom is 0.146 e. The molecule has 2 nitrogen and oxygen atoms in total. The van der Waals surface area contributed by atoms with Crippen LogP contribution in [0.25, 0.3) is 71.9 Å². The van der Waals surface area contributed by atoms with E-state index in [0.29, 0.717) is 0 Å². The third-order valence-corrected chi connectivity index (χ3v) is 7.99. The summed E-state index contributed by atoms with van der Waals surface area (Å²) in [6, 6.07) is 56.1. The van der Waals surface area contributed by atoms with E-state index in [1.54, 1.807) is 0 Å². The molecule has 0 bridgehead atoms. The Balaban J connectivity index is 1.48. The molecule has 0 aliphatic rings. The second-order valence-electron chi connectivity index (χ2n) is 10.4. The van der Waals surface area contributed by atoms with Crippen LogP contribution in [0.3, 0.4) is 0 Å². The molecule has 41 heavy (non-hydrogen) atoms. The predicted octanol–water partition coefficient (Wildman–Crippen LogP) is 10.3. The van der Waals surface area contributed by atoms with Gasteiger partial charge in [-0.25, -0.2) is 4.98 Å². The number of hydrogen-bond donors (Lipinski definition) is 0. The summed E-state index contributed by atoms with van der Waals surface area (Å²) in [5.41, 5.74) is 9.23. The van der Waals surface area contributed by atoms with Gasteiger partial charge in [-0.1, -0.05) is 127 Å². The Bertz CT molecular complexity index is 2130. The van der Waals surface area contributed by atoms with E-state index < -0.39 is 0 Å². The third-order valence-electron chi connectivity index (χ3n) is 7.99. The van der Waals surface area contributed by atoms with Gasteiger partial charge in [-0.15, -0.1) is 0 Å². The Labute approximate surface area is 238 Å². The maximum absolute atomic E-state index is 5.28. The molecule has 0 saturated heterocycles. The lowest BCUT2D eigenvalue weighted by atomic mass is 9.87. The predicted molar refractivity (Wildman–Crippen MR) is 172 cm³/mol. The lowest BCUT2D eigenvalue weighted by Gasteiger charge is -2.18. The minimum absolute atomic E-state index is 0.953. The molecule has 0 aliphatic heterocycles. The first-order valence-corrected chi connectivity index (χ1v) is 14.0. The summed E-state index contributed by atoms with van der Waals surface area (Å²) in [6.07, 6.45) is 0. The largest absolute Gasteiger partial charge is 0.292 e. The summed E-state index contributed by atoms with van der Waals surface area (Å²) < 4.78 is 2.30. The highest BCUT2D eigenvalue weighted by atomic mass is 15.1. The van der Waals surface area contributed by atoms with Crippen molar-refractivity contribution >= 4 is 32.6 Å². The van der Waals surface area contributed by atoms with Crippen LogP contribution in [0.5, 0.6) is 0 Å². The molecule has 0 N–H and O–H groups in total. The van der Waals surface area contributed by atoms with E-state index in [0.717, 1.165) is 28.1 Å². The summed E-state index contributed by atoms with van der Waals surface area (Å²) in [5, 5.41) is 4.83. The molecule has 0 unspecified atom stereocenters. The van der Waals surface area contributed by atoms with Gasteiger partial charge in [-0.05, 0) is 74.1 Å². The zero-order valence-corrected chi connectivity index (χ0v) is 22.4. The minimum Gasteiger partial charge on any atom is -0.292 e. The van der Waals surface area contributed by atoms with Crippen molar-refractivity contribution in [3.63, 3.8) is 0 Å². The molecule has 1 aromatic heterocycles. The van der Waals surface area contributed by atoms with Gasteiger partial charge in [-0.2, -0.15) is 0 Å². The molecular weight excluding hydrogens is 496 g/mol. The van der Waals surface area contributed by atoms with Crippen LogP contribution in [0.1, 0.15) is 0 Å². The molecule has 0 aliphatic carbocycles. The molecule has 7 aromatic carbocycles. The number of para-hydroxylation sites is 3. The first kappa shape index (κ1) is 23.4. The molecule has 1 heterocycles. The van der Waals surface area contributed by atoms with Crippen molar-refractivity contribution in [3.05, 3.63) is 158 Å². The van der Waals surface area contributed by atoms with Gasteiger partial charge in [0.25, 0.3) is 0 Å². The van der Waals surface area contributed by atoms with Crippen LogP contribution in [0.15, 0.2) is 158 Å². The first-order valence-electron chi connectivity index (χ1n) is 14.0. The topological polar surface area (TPSA) is 17.8 Å². The van der Waals surface area contributed by atoms with E-state index in [9.17, 15) is 0 Å².